The molecule has 1 unspecified atom stereocenters. The predicted octanol–water partition coefficient (Wildman–Crippen LogP) is 4.72. The summed E-state index contributed by atoms with van der Waals surface area (Å²) in [5.41, 5.74) is 0.736. The zero-order chi connectivity index (χ0) is 13.8. The van der Waals surface area contributed by atoms with Crippen LogP contribution in [0.15, 0.2) is 34.8 Å². The van der Waals surface area contributed by atoms with Crippen molar-refractivity contribution in [1.82, 2.24) is 5.32 Å². The molecular formula is C15H17BrFNS. The van der Waals surface area contributed by atoms with Crippen LogP contribution in [0.1, 0.15) is 28.3 Å². The first-order valence-electron chi connectivity index (χ1n) is 6.33. The van der Waals surface area contributed by atoms with E-state index in [1.807, 2.05) is 13.1 Å². The van der Waals surface area contributed by atoms with Crippen molar-refractivity contribution in [1.29, 1.82) is 0 Å². The molecule has 1 aromatic carbocycles. The van der Waals surface area contributed by atoms with Crippen molar-refractivity contribution >= 4 is 27.3 Å². The van der Waals surface area contributed by atoms with E-state index in [1.54, 1.807) is 17.4 Å². The van der Waals surface area contributed by atoms with Gasteiger partial charge in [-0.3, -0.25) is 0 Å². The molecule has 1 nitrogen and oxygen atoms in total. The maximum absolute atomic E-state index is 13.8. The molecule has 0 bridgehead atoms. The van der Waals surface area contributed by atoms with E-state index in [1.165, 1.54) is 15.8 Å². The topological polar surface area (TPSA) is 12.0 Å². The smallest absolute Gasteiger partial charge is 0.126 e. The van der Waals surface area contributed by atoms with Crippen LogP contribution in [0.4, 0.5) is 4.39 Å². The van der Waals surface area contributed by atoms with Crippen LogP contribution < -0.4 is 5.32 Å². The summed E-state index contributed by atoms with van der Waals surface area (Å²) in [7, 11) is 1.92. The maximum atomic E-state index is 13.8. The van der Waals surface area contributed by atoms with E-state index in [0.717, 1.165) is 16.5 Å². The van der Waals surface area contributed by atoms with Gasteiger partial charge in [0.25, 0.3) is 0 Å². The molecule has 0 saturated carbocycles. The van der Waals surface area contributed by atoms with Crippen LogP contribution in [-0.2, 0) is 12.8 Å². The maximum Gasteiger partial charge on any atom is 0.126 e. The van der Waals surface area contributed by atoms with Crippen LogP contribution in [0.25, 0.3) is 0 Å². The highest BCUT2D eigenvalue weighted by Gasteiger charge is 2.15. The van der Waals surface area contributed by atoms with Gasteiger partial charge in [0.2, 0.25) is 0 Å². The lowest BCUT2D eigenvalue weighted by Gasteiger charge is -2.15. The molecule has 4 heteroatoms. The summed E-state index contributed by atoms with van der Waals surface area (Å²) in [6, 6.07) is 9.55. The number of hydrogen-bond acceptors (Lipinski definition) is 2. The summed E-state index contributed by atoms with van der Waals surface area (Å²) < 4.78 is 14.7. The number of benzene rings is 1. The average molecular weight is 342 g/mol. The minimum absolute atomic E-state index is 0.143. The Balaban J connectivity index is 2.21. The van der Waals surface area contributed by atoms with Crippen molar-refractivity contribution in [3.8, 4) is 0 Å². The zero-order valence-electron chi connectivity index (χ0n) is 11.0. The third-order valence-electron chi connectivity index (χ3n) is 3.15. The van der Waals surface area contributed by atoms with Gasteiger partial charge in [0.15, 0.2) is 0 Å². The van der Waals surface area contributed by atoms with E-state index in [9.17, 15) is 4.39 Å². The Labute approximate surface area is 126 Å². The van der Waals surface area contributed by atoms with Gasteiger partial charge in [0, 0.05) is 20.3 Å². The van der Waals surface area contributed by atoms with Gasteiger partial charge >= 0.3 is 0 Å². The number of rotatable bonds is 5. The van der Waals surface area contributed by atoms with Gasteiger partial charge in [-0.15, -0.1) is 11.3 Å². The van der Waals surface area contributed by atoms with Crippen molar-refractivity contribution < 1.29 is 4.39 Å². The highest BCUT2D eigenvalue weighted by atomic mass is 79.9. The number of halogens is 2. The highest BCUT2D eigenvalue weighted by Crippen LogP contribution is 2.28. The second-order valence-corrected chi connectivity index (χ2v) is 6.55. The van der Waals surface area contributed by atoms with Gasteiger partial charge < -0.3 is 5.32 Å². The summed E-state index contributed by atoms with van der Waals surface area (Å²) >= 11 is 5.19. The van der Waals surface area contributed by atoms with Gasteiger partial charge in [0.1, 0.15) is 5.82 Å². The second-order valence-electron chi connectivity index (χ2n) is 4.44. The molecule has 102 valence electrons. The fourth-order valence-electron chi connectivity index (χ4n) is 2.04. The average Bonchev–Trinajstić information content (AvgIpc) is 2.88. The number of nitrogens with one attached hydrogen (secondary N) is 1. The molecule has 0 saturated heterocycles. The number of aryl methyl sites for hydroxylation is 1. The molecular weight excluding hydrogens is 325 g/mol. The third-order valence-corrected chi connectivity index (χ3v) is 4.99. The largest absolute Gasteiger partial charge is 0.312 e. The molecule has 0 aliphatic carbocycles. The lowest BCUT2D eigenvalue weighted by atomic mass is 10.0. The molecule has 0 aliphatic rings. The van der Waals surface area contributed by atoms with Gasteiger partial charge in [0.05, 0.1) is 0 Å². The van der Waals surface area contributed by atoms with Crippen LogP contribution in [-0.4, -0.2) is 7.05 Å². The molecule has 1 atom stereocenters. The zero-order valence-corrected chi connectivity index (χ0v) is 13.4. The molecule has 0 fully saturated rings. The molecule has 2 aromatic rings. The number of thiophene rings is 1. The van der Waals surface area contributed by atoms with Gasteiger partial charge in [-0.2, -0.15) is 0 Å². The van der Waals surface area contributed by atoms with Crippen molar-refractivity contribution in [3.05, 3.63) is 55.9 Å². The Kier molecular flexibility index (Phi) is 5.13. The van der Waals surface area contributed by atoms with E-state index in [0.29, 0.717) is 6.42 Å². The lowest BCUT2D eigenvalue weighted by molar-refractivity contribution is 0.559. The van der Waals surface area contributed by atoms with E-state index >= 15 is 0 Å². The number of likely N-dealkylation sites (N-methyl/N-ethyl adjacent to an activating group) is 1. The van der Waals surface area contributed by atoms with E-state index in [2.05, 4.69) is 40.3 Å². The molecule has 0 amide bonds. The minimum atomic E-state index is -0.143. The number of hydrogen-bond donors (Lipinski definition) is 1. The Morgan fingerprint density at radius 2 is 2.11 bits per heavy atom. The normalized spacial score (nSPS) is 12.6. The summed E-state index contributed by atoms with van der Waals surface area (Å²) in [5.74, 6) is -0.143. The summed E-state index contributed by atoms with van der Waals surface area (Å²) in [6.07, 6.45) is 1.71. The Hall–Kier alpha value is -0.710. The van der Waals surface area contributed by atoms with Crippen molar-refractivity contribution in [3.63, 3.8) is 0 Å². The first kappa shape index (κ1) is 14.7. The van der Waals surface area contributed by atoms with Crippen molar-refractivity contribution in [2.45, 2.75) is 25.8 Å². The summed E-state index contributed by atoms with van der Waals surface area (Å²) in [6.45, 7) is 2.15. The van der Waals surface area contributed by atoms with E-state index in [-0.39, 0.29) is 11.9 Å². The van der Waals surface area contributed by atoms with E-state index < -0.39 is 0 Å². The van der Waals surface area contributed by atoms with Gasteiger partial charge in [-0.05, 0) is 55.8 Å². The molecule has 19 heavy (non-hydrogen) atoms. The third kappa shape index (κ3) is 3.65. The van der Waals surface area contributed by atoms with Crippen LogP contribution in [0, 0.1) is 5.82 Å². The van der Waals surface area contributed by atoms with Gasteiger partial charge in [-0.25, -0.2) is 4.39 Å². The summed E-state index contributed by atoms with van der Waals surface area (Å²) in [5, 5.41) is 3.28. The van der Waals surface area contributed by atoms with Crippen LogP contribution in [0.3, 0.4) is 0 Å². The second kappa shape index (κ2) is 6.64. The summed E-state index contributed by atoms with van der Waals surface area (Å²) in [4.78, 5) is 2.63. The molecule has 1 aromatic heterocycles. The quantitative estimate of drug-likeness (QED) is 0.829. The van der Waals surface area contributed by atoms with Crippen LogP contribution >= 0.6 is 27.3 Å². The molecule has 0 spiro atoms. The Morgan fingerprint density at radius 1 is 1.32 bits per heavy atom. The molecule has 1 N–H and O–H groups in total. The highest BCUT2D eigenvalue weighted by molar-refractivity contribution is 9.10. The molecule has 1 heterocycles. The fourth-order valence-corrected chi connectivity index (χ4v) is 3.51. The van der Waals surface area contributed by atoms with Crippen molar-refractivity contribution in [2.75, 3.05) is 7.05 Å². The Morgan fingerprint density at radius 3 is 2.74 bits per heavy atom. The molecule has 0 aliphatic heterocycles. The standard InChI is InChI=1S/C15H17BrFNS/c1-3-12-5-7-15(19-12)14(18-2)9-10-8-11(16)4-6-13(10)17/h4-8,14,18H,3,9H2,1-2H3. The first-order chi connectivity index (χ1) is 9.13. The van der Waals surface area contributed by atoms with E-state index in [4.69, 9.17) is 0 Å². The monoisotopic (exact) mass is 341 g/mol. The first-order valence-corrected chi connectivity index (χ1v) is 7.94. The fraction of sp³-hybridized carbons (Fsp3) is 0.333. The van der Waals surface area contributed by atoms with Gasteiger partial charge in [-0.1, -0.05) is 22.9 Å². The van der Waals surface area contributed by atoms with Crippen molar-refractivity contribution in [2.24, 2.45) is 0 Å². The lowest BCUT2D eigenvalue weighted by Crippen LogP contribution is -2.18. The minimum Gasteiger partial charge on any atom is -0.312 e. The molecule has 0 radical (unpaired) electrons. The SMILES string of the molecule is CCc1ccc(C(Cc2cc(Br)ccc2F)NC)s1. The van der Waals surface area contributed by atoms with Crippen LogP contribution in [0.5, 0.6) is 0 Å². The predicted molar refractivity (Wildman–Crippen MR) is 83.3 cm³/mol. The van der Waals surface area contributed by atoms with Crippen LogP contribution in [0.2, 0.25) is 0 Å². The molecule has 2 rings (SSSR count). The Bertz CT molecular complexity index is 553.